The molecule has 0 bridgehead atoms. The van der Waals surface area contributed by atoms with E-state index in [1.54, 1.807) is 4.90 Å². The fraction of sp³-hybridized carbons (Fsp3) is 0.917. The van der Waals surface area contributed by atoms with Gasteiger partial charge in [-0.25, -0.2) is 4.79 Å². The van der Waals surface area contributed by atoms with Gasteiger partial charge >= 0.3 is 6.09 Å². The number of likely N-dealkylation sites (tertiary alicyclic amines) is 1. The number of aliphatic hydroxyl groups is 1. The summed E-state index contributed by atoms with van der Waals surface area (Å²) in [5.41, 5.74) is 5.80. The molecular formula is C12H24N2O3. The molecule has 0 aliphatic carbocycles. The molecule has 1 rings (SSSR count). The average Bonchev–Trinajstić information content (AvgIpc) is 2.30. The molecule has 1 fully saturated rings. The van der Waals surface area contributed by atoms with E-state index < -0.39 is 0 Å². The Morgan fingerprint density at radius 2 is 2.12 bits per heavy atom. The SMILES string of the molecule is CCCCOC(=O)N1CCC(N)(CCO)CC1. The Balaban J connectivity index is 2.28. The number of hydrogen-bond donors (Lipinski definition) is 2. The number of hydrogen-bond acceptors (Lipinski definition) is 4. The summed E-state index contributed by atoms with van der Waals surface area (Å²) in [5.74, 6) is 0. The second-order valence-corrected chi connectivity index (χ2v) is 4.79. The second-order valence-electron chi connectivity index (χ2n) is 4.79. The van der Waals surface area contributed by atoms with Gasteiger partial charge < -0.3 is 20.5 Å². The first-order chi connectivity index (χ1) is 8.11. The van der Waals surface area contributed by atoms with Crippen LogP contribution in [0.1, 0.15) is 39.0 Å². The Morgan fingerprint density at radius 3 is 2.65 bits per heavy atom. The van der Waals surface area contributed by atoms with Crippen molar-refractivity contribution in [3.8, 4) is 0 Å². The van der Waals surface area contributed by atoms with E-state index in [1.807, 2.05) is 0 Å². The molecule has 1 heterocycles. The van der Waals surface area contributed by atoms with Crippen molar-refractivity contribution >= 4 is 6.09 Å². The van der Waals surface area contributed by atoms with E-state index in [0.29, 0.717) is 26.1 Å². The highest BCUT2D eigenvalue weighted by Crippen LogP contribution is 2.23. The van der Waals surface area contributed by atoms with Gasteiger partial charge in [-0.3, -0.25) is 0 Å². The van der Waals surface area contributed by atoms with E-state index in [4.69, 9.17) is 15.6 Å². The first-order valence-electron chi connectivity index (χ1n) is 6.43. The normalized spacial score (nSPS) is 19.1. The molecule has 0 aromatic rings. The number of carbonyl (C=O) groups is 1. The summed E-state index contributed by atoms with van der Waals surface area (Å²) in [5, 5.41) is 8.92. The minimum atomic E-state index is -0.311. The van der Waals surface area contributed by atoms with E-state index in [-0.39, 0.29) is 18.2 Å². The zero-order valence-electron chi connectivity index (χ0n) is 10.7. The molecule has 1 amide bonds. The van der Waals surface area contributed by atoms with Crippen LogP contribution in [0.25, 0.3) is 0 Å². The molecule has 0 spiro atoms. The number of aliphatic hydroxyl groups excluding tert-OH is 1. The molecule has 5 nitrogen and oxygen atoms in total. The summed E-state index contributed by atoms with van der Waals surface area (Å²) in [6, 6.07) is 0. The Labute approximate surface area is 103 Å². The molecule has 1 aliphatic rings. The maximum absolute atomic E-state index is 11.7. The molecule has 3 N–H and O–H groups in total. The standard InChI is InChI=1S/C12H24N2O3/c1-2-3-10-17-11(16)14-7-4-12(13,5-8-14)6-9-15/h15H,2-10,13H2,1H3. The summed E-state index contributed by atoms with van der Waals surface area (Å²) in [6.45, 7) is 3.92. The largest absolute Gasteiger partial charge is 0.449 e. The predicted octanol–water partition coefficient (Wildman–Crippen LogP) is 1.10. The Morgan fingerprint density at radius 1 is 1.47 bits per heavy atom. The van der Waals surface area contributed by atoms with Crippen LogP contribution in [0.2, 0.25) is 0 Å². The molecule has 5 heteroatoms. The van der Waals surface area contributed by atoms with Gasteiger partial charge in [0, 0.05) is 25.2 Å². The zero-order valence-corrected chi connectivity index (χ0v) is 10.7. The third-order valence-electron chi connectivity index (χ3n) is 3.35. The number of piperidine rings is 1. The number of amides is 1. The van der Waals surface area contributed by atoms with Crippen LogP contribution in [-0.4, -0.2) is 47.9 Å². The average molecular weight is 244 g/mol. The monoisotopic (exact) mass is 244 g/mol. The van der Waals surface area contributed by atoms with Gasteiger partial charge in [-0.15, -0.1) is 0 Å². The van der Waals surface area contributed by atoms with Crippen molar-refractivity contribution in [3.05, 3.63) is 0 Å². The van der Waals surface area contributed by atoms with Gasteiger partial charge in [0.2, 0.25) is 0 Å². The molecule has 1 aliphatic heterocycles. The Hall–Kier alpha value is -0.810. The Kier molecular flexibility index (Phi) is 5.71. The summed E-state index contributed by atoms with van der Waals surface area (Å²) in [7, 11) is 0. The van der Waals surface area contributed by atoms with E-state index in [0.717, 1.165) is 25.7 Å². The topological polar surface area (TPSA) is 75.8 Å². The number of ether oxygens (including phenoxy) is 1. The van der Waals surface area contributed by atoms with Crippen LogP contribution < -0.4 is 5.73 Å². The summed E-state index contributed by atoms with van der Waals surface area (Å²) in [4.78, 5) is 13.4. The van der Waals surface area contributed by atoms with Gasteiger partial charge in [-0.2, -0.15) is 0 Å². The van der Waals surface area contributed by atoms with E-state index in [2.05, 4.69) is 6.92 Å². The van der Waals surface area contributed by atoms with E-state index in [1.165, 1.54) is 0 Å². The number of nitrogens with two attached hydrogens (primary N) is 1. The molecule has 0 aromatic heterocycles. The quantitative estimate of drug-likeness (QED) is 0.710. The summed E-state index contributed by atoms with van der Waals surface area (Å²) in [6.07, 6.45) is 3.77. The third-order valence-corrected chi connectivity index (χ3v) is 3.35. The van der Waals surface area contributed by atoms with Gasteiger partial charge in [0.1, 0.15) is 0 Å². The Bertz CT molecular complexity index is 238. The van der Waals surface area contributed by atoms with E-state index in [9.17, 15) is 4.79 Å². The van der Waals surface area contributed by atoms with Crippen LogP contribution in [0.3, 0.4) is 0 Å². The maximum atomic E-state index is 11.7. The van der Waals surface area contributed by atoms with Gasteiger partial charge in [-0.05, 0) is 25.7 Å². The highest BCUT2D eigenvalue weighted by atomic mass is 16.6. The molecule has 0 unspecified atom stereocenters. The van der Waals surface area contributed by atoms with Gasteiger partial charge in [0.05, 0.1) is 6.61 Å². The van der Waals surface area contributed by atoms with Crippen LogP contribution in [0.5, 0.6) is 0 Å². The molecule has 0 atom stereocenters. The molecule has 0 saturated carbocycles. The minimum absolute atomic E-state index is 0.109. The lowest BCUT2D eigenvalue weighted by molar-refractivity contribution is 0.0781. The number of carbonyl (C=O) groups excluding carboxylic acids is 1. The molecule has 17 heavy (non-hydrogen) atoms. The summed E-state index contributed by atoms with van der Waals surface area (Å²) >= 11 is 0. The van der Waals surface area contributed by atoms with Crippen molar-refractivity contribution in [2.75, 3.05) is 26.3 Å². The first-order valence-corrected chi connectivity index (χ1v) is 6.43. The van der Waals surface area contributed by atoms with Crippen molar-refractivity contribution in [2.24, 2.45) is 5.73 Å². The third kappa shape index (κ3) is 4.52. The van der Waals surface area contributed by atoms with Crippen molar-refractivity contribution in [2.45, 2.75) is 44.6 Å². The lowest BCUT2D eigenvalue weighted by Crippen LogP contribution is -2.52. The minimum Gasteiger partial charge on any atom is -0.449 e. The molecule has 0 aromatic carbocycles. The van der Waals surface area contributed by atoms with Crippen molar-refractivity contribution in [1.29, 1.82) is 0 Å². The lowest BCUT2D eigenvalue weighted by atomic mass is 9.86. The van der Waals surface area contributed by atoms with Crippen LogP contribution in [0.4, 0.5) is 4.79 Å². The molecule has 0 radical (unpaired) electrons. The summed E-state index contributed by atoms with van der Waals surface area (Å²) < 4.78 is 5.15. The highest BCUT2D eigenvalue weighted by molar-refractivity contribution is 5.67. The van der Waals surface area contributed by atoms with Crippen molar-refractivity contribution in [1.82, 2.24) is 4.90 Å². The number of nitrogens with zero attached hydrogens (tertiary/aromatic N) is 1. The van der Waals surface area contributed by atoms with Crippen LogP contribution in [0.15, 0.2) is 0 Å². The lowest BCUT2D eigenvalue weighted by Gasteiger charge is -2.38. The van der Waals surface area contributed by atoms with Crippen molar-refractivity contribution < 1.29 is 14.6 Å². The zero-order chi connectivity index (χ0) is 12.7. The fourth-order valence-corrected chi connectivity index (χ4v) is 2.00. The molecular weight excluding hydrogens is 220 g/mol. The van der Waals surface area contributed by atoms with Gasteiger partial charge in [0.15, 0.2) is 0 Å². The van der Waals surface area contributed by atoms with E-state index >= 15 is 0 Å². The van der Waals surface area contributed by atoms with Gasteiger partial charge in [0.25, 0.3) is 0 Å². The fourth-order valence-electron chi connectivity index (χ4n) is 2.00. The molecule has 100 valence electrons. The van der Waals surface area contributed by atoms with Crippen LogP contribution in [0, 0.1) is 0 Å². The van der Waals surface area contributed by atoms with Gasteiger partial charge in [-0.1, -0.05) is 13.3 Å². The number of rotatable bonds is 5. The molecule has 1 saturated heterocycles. The maximum Gasteiger partial charge on any atom is 0.409 e. The highest BCUT2D eigenvalue weighted by Gasteiger charge is 2.32. The first kappa shape index (κ1) is 14.3. The smallest absolute Gasteiger partial charge is 0.409 e. The van der Waals surface area contributed by atoms with Crippen molar-refractivity contribution in [3.63, 3.8) is 0 Å². The second kappa shape index (κ2) is 6.81. The van der Waals surface area contributed by atoms with Crippen LogP contribution in [-0.2, 0) is 4.74 Å². The number of unbranched alkanes of at least 4 members (excludes halogenated alkanes) is 1. The van der Waals surface area contributed by atoms with Crippen LogP contribution >= 0.6 is 0 Å². The predicted molar refractivity (Wildman–Crippen MR) is 65.7 cm³/mol.